The number of hydrogen-bond acceptors (Lipinski definition) is 4. The molecule has 1 aliphatic rings. The van der Waals surface area contributed by atoms with E-state index in [1.807, 2.05) is 37.3 Å². The van der Waals surface area contributed by atoms with E-state index >= 15 is 0 Å². The second-order valence-electron chi connectivity index (χ2n) is 5.57. The fourth-order valence-electron chi connectivity index (χ4n) is 2.57. The number of carbonyl (C=O) groups is 1. The number of hydrazone groups is 1. The molecule has 134 valence electrons. The van der Waals surface area contributed by atoms with E-state index in [4.69, 9.17) is 16.3 Å². The van der Waals surface area contributed by atoms with Crippen LogP contribution >= 0.6 is 27.5 Å². The van der Waals surface area contributed by atoms with Gasteiger partial charge in [-0.3, -0.25) is 4.79 Å². The van der Waals surface area contributed by atoms with Crippen molar-refractivity contribution in [3.63, 3.8) is 0 Å². The molecular weight excluding hydrogens is 420 g/mol. The summed E-state index contributed by atoms with van der Waals surface area (Å²) in [4.78, 5) is 12.8. The number of benzene rings is 2. The van der Waals surface area contributed by atoms with Crippen LogP contribution in [0.4, 0.5) is 5.69 Å². The van der Waals surface area contributed by atoms with E-state index in [1.54, 1.807) is 19.1 Å². The summed E-state index contributed by atoms with van der Waals surface area (Å²) in [5.74, 6) is -0.0319. The molecular formula is C19H16BrClN2O3. The van der Waals surface area contributed by atoms with Gasteiger partial charge in [0, 0.05) is 0 Å². The molecule has 0 aliphatic carbocycles. The van der Waals surface area contributed by atoms with Gasteiger partial charge in [0.25, 0.3) is 5.91 Å². The van der Waals surface area contributed by atoms with Gasteiger partial charge >= 0.3 is 0 Å². The van der Waals surface area contributed by atoms with Crippen LogP contribution in [0, 0.1) is 0 Å². The Kier molecular flexibility index (Phi) is 5.34. The summed E-state index contributed by atoms with van der Waals surface area (Å²) in [5, 5.41) is 16.1. The molecule has 0 saturated heterocycles. The molecule has 1 aliphatic heterocycles. The number of carbonyl (C=O) groups excluding carboxylic acids is 1. The molecule has 7 heteroatoms. The van der Waals surface area contributed by atoms with Crippen LogP contribution < -0.4 is 9.75 Å². The summed E-state index contributed by atoms with van der Waals surface area (Å²) in [6.45, 7) is 3.97. The molecule has 1 amide bonds. The molecule has 5 nitrogen and oxygen atoms in total. The predicted octanol–water partition coefficient (Wildman–Crippen LogP) is 5.01. The van der Waals surface area contributed by atoms with Crippen molar-refractivity contribution in [1.29, 1.82) is 0 Å². The number of rotatable bonds is 4. The lowest BCUT2D eigenvalue weighted by atomic mass is 10.1. The minimum absolute atomic E-state index is 0.0759. The van der Waals surface area contributed by atoms with Crippen molar-refractivity contribution >= 4 is 50.9 Å². The molecule has 0 atom stereocenters. The highest BCUT2D eigenvalue weighted by Gasteiger charge is 2.29. The molecule has 3 rings (SSSR count). The Morgan fingerprint density at radius 1 is 1.35 bits per heavy atom. The minimum atomic E-state index is -0.244. The van der Waals surface area contributed by atoms with Gasteiger partial charge in [-0.25, -0.2) is 0 Å². The summed E-state index contributed by atoms with van der Waals surface area (Å²) in [6, 6.07) is 10.8. The average molecular weight is 436 g/mol. The third-order valence-electron chi connectivity index (χ3n) is 3.84. The highest BCUT2D eigenvalue weighted by Crippen LogP contribution is 2.42. The topological polar surface area (TPSA) is 62.1 Å². The summed E-state index contributed by atoms with van der Waals surface area (Å²) in [7, 11) is 0. The molecule has 0 aromatic heterocycles. The maximum absolute atomic E-state index is 12.8. The molecule has 26 heavy (non-hydrogen) atoms. The van der Waals surface area contributed by atoms with Gasteiger partial charge in [-0.2, -0.15) is 10.1 Å². The molecule has 1 N–H and O–H groups in total. The highest BCUT2D eigenvalue weighted by molar-refractivity contribution is 9.10. The van der Waals surface area contributed by atoms with Crippen molar-refractivity contribution in [2.24, 2.45) is 5.10 Å². The van der Waals surface area contributed by atoms with E-state index in [0.717, 1.165) is 0 Å². The molecule has 0 fully saturated rings. The van der Waals surface area contributed by atoms with Gasteiger partial charge in [-0.1, -0.05) is 29.8 Å². The number of hydrogen-bond donors (Lipinski definition) is 1. The SMILES string of the molecule is CCOc1cc(/C=C2/C(=O)N(c3ccccc3)N=C2C)c(Cl)c(Br)c1O. The van der Waals surface area contributed by atoms with Crippen molar-refractivity contribution in [2.75, 3.05) is 11.6 Å². The first-order chi connectivity index (χ1) is 12.4. The lowest BCUT2D eigenvalue weighted by Gasteiger charge is -2.12. The largest absolute Gasteiger partial charge is 0.503 e. The zero-order valence-corrected chi connectivity index (χ0v) is 16.5. The first-order valence-corrected chi connectivity index (χ1v) is 9.11. The third kappa shape index (κ3) is 3.34. The van der Waals surface area contributed by atoms with Crippen LogP contribution in [0.5, 0.6) is 11.5 Å². The summed E-state index contributed by atoms with van der Waals surface area (Å²) >= 11 is 9.59. The van der Waals surface area contributed by atoms with Crippen LogP contribution in [0.25, 0.3) is 6.08 Å². The van der Waals surface area contributed by atoms with Crippen molar-refractivity contribution in [3.05, 3.63) is 57.0 Å². The minimum Gasteiger partial charge on any atom is -0.503 e. The first-order valence-electron chi connectivity index (χ1n) is 7.94. The first kappa shape index (κ1) is 18.5. The second kappa shape index (κ2) is 7.51. The van der Waals surface area contributed by atoms with E-state index in [1.165, 1.54) is 5.01 Å². The zero-order valence-electron chi connectivity index (χ0n) is 14.2. The number of ether oxygens (including phenoxy) is 1. The Labute approximate surface area is 164 Å². The van der Waals surface area contributed by atoms with Crippen LogP contribution in [0.2, 0.25) is 5.02 Å². The summed E-state index contributed by atoms with van der Waals surface area (Å²) in [5.41, 5.74) is 2.24. The zero-order chi connectivity index (χ0) is 18.8. The Morgan fingerprint density at radius 2 is 2.04 bits per heavy atom. The molecule has 0 radical (unpaired) electrons. The predicted molar refractivity (Wildman–Crippen MR) is 107 cm³/mol. The average Bonchev–Trinajstić information content (AvgIpc) is 2.92. The molecule has 0 saturated carbocycles. The van der Waals surface area contributed by atoms with Gasteiger partial charge in [-0.05, 0) is 59.6 Å². The number of anilines is 1. The Bertz CT molecular complexity index is 926. The van der Waals surface area contributed by atoms with Crippen LogP contribution in [-0.2, 0) is 4.79 Å². The molecule has 2 aromatic rings. The van der Waals surface area contributed by atoms with E-state index in [2.05, 4.69) is 21.0 Å². The van der Waals surface area contributed by atoms with Gasteiger partial charge in [0.05, 0.1) is 33.1 Å². The lowest BCUT2D eigenvalue weighted by molar-refractivity contribution is -0.114. The molecule has 0 spiro atoms. The second-order valence-corrected chi connectivity index (χ2v) is 6.74. The van der Waals surface area contributed by atoms with Crippen LogP contribution in [-0.4, -0.2) is 23.3 Å². The van der Waals surface area contributed by atoms with Crippen LogP contribution in [0.15, 0.2) is 51.5 Å². The van der Waals surface area contributed by atoms with Gasteiger partial charge in [0.2, 0.25) is 0 Å². The molecule has 0 bridgehead atoms. The van der Waals surface area contributed by atoms with Crippen molar-refractivity contribution in [2.45, 2.75) is 13.8 Å². The molecule has 0 unspecified atom stereocenters. The Hall–Kier alpha value is -2.31. The normalized spacial score (nSPS) is 15.5. The monoisotopic (exact) mass is 434 g/mol. The van der Waals surface area contributed by atoms with E-state index < -0.39 is 0 Å². The van der Waals surface area contributed by atoms with Crippen molar-refractivity contribution in [3.8, 4) is 11.5 Å². The number of nitrogens with zero attached hydrogens (tertiary/aromatic N) is 2. The molecule has 1 heterocycles. The number of halogens is 2. The van der Waals surface area contributed by atoms with Crippen molar-refractivity contribution in [1.82, 2.24) is 0 Å². The van der Waals surface area contributed by atoms with Gasteiger partial charge in [-0.15, -0.1) is 0 Å². The smallest absolute Gasteiger partial charge is 0.280 e. The van der Waals surface area contributed by atoms with Gasteiger partial charge in [0.1, 0.15) is 0 Å². The van der Waals surface area contributed by atoms with Crippen LogP contribution in [0.3, 0.4) is 0 Å². The summed E-state index contributed by atoms with van der Waals surface area (Å²) < 4.78 is 5.74. The highest BCUT2D eigenvalue weighted by atomic mass is 79.9. The fraction of sp³-hybridized carbons (Fsp3) is 0.158. The Morgan fingerprint density at radius 3 is 2.69 bits per heavy atom. The number of aromatic hydroxyl groups is 1. The van der Waals surface area contributed by atoms with E-state index in [-0.39, 0.29) is 22.4 Å². The number of para-hydroxylation sites is 1. The van der Waals surface area contributed by atoms with E-state index in [9.17, 15) is 9.90 Å². The molecule has 2 aromatic carbocycles. The number of phenols is 1. The lowest BCUT2D eigenvalue weighted by Crippen LogP contribution is -2.21. The summed E-state index contributed by atoms with van der Waals surface area (Å²) in [6.07, 6.45) is 1.65. The van der Waals surface area contributed by atoms with Gasteiger partial charge in [0.15, 0.2) is 11.5 Å². The van der Waals surface area contributed by atoms with E-state index in [0.29, 0.717) is 33.6 Å². The third-order valence-corrected chi connectivity index (χ3v) is 5.24. The van der Waals surface area contributed by atoms with Gasteiger partial charge < -0.3 is 9.84 Å². The number of phenolic OH excluding ortho intramolecular Hbond substituents is 1. The fourth-order valence-corrected chi connectivity index (χ4v) is 3.19. The maximum Gasteiger partial charge on any atom is 0.280 e. The maximum atomic E-state index is 12.8. The number of amides is 1. The Balaban J connectivity index is 2.03. The van der Waals surface area contributed by atoms with Crippen LogP contribution in [0.1, 0.15) is 19.4 Å². The quantitative estimate of drug-likeness (QED) is 0.687. The van der Waals surface area contributed by atoms with Crippen molar-refractivity contribution < 1.29 is 14.6 Å². The standard InChI is InChI=1S/C19H16BrClN2O3/c1-3-26-15-10-12(17(21)16(20)18(15)24)9-14-11(2)22-23(19(14)25)13-7-5-4-6-8-13/h4-10,24H,3H2,1-2H3/b14-9+.